The lowest BCUT2D eigenvalue weighted by Crippen LogP contribution is -2.24. The van der Waals surface area contributed by atoms with Crippen LogP contribution in [0.25, 0.3) is 10.8 Å². The molecule has 1 aliphatic rings. The molecule has 3 rings (SSSR count). The first-order chi connectivity index (χ1) is 10.1. The number of carboxylic acids is 1. The normalized spacial score (nSPS) is 21.5. The zero-order valence-electron chi connectivity index (χ0n) is 11.3. The van der Waals surface area contributed by atoms with E-state index in [1.165, 1.54) is 0 Å². The summed E-state index contributed by atoms with van der Waals surface area (Å²) in [5, 5.41) is 23.5. The van der Waals surface area contributed by atoms with Gasteiger partial charge in [-0.25, -0.2) is 9.78 Å². The van der Waals surface area contributed by atoms with E-state index in [0.717, 1.165) is 10.8 Å². The average Bonchev–Trinajstić information content (AvgIpc) is 2.94. The fraction of sp³-hybridized carbons (Fsp3) is 0.333. The van der Waals surface area contributed by atoms with Gasteiger partial charge in [0.05, 0.1) is 6.10 Å². The Balaban J connectivity index is 1.71. The number of nitrogens with zero attached hydrogens (tertiary/aromatic N) is 1. The highest BCUT2D eigenvalue weighted by atomic mass is 16.5. The summed E-state index contributed by atoms with van der Waals surface area (Å²) in [7, 11) is 0. The number of aliphatic carboxylic acids is 1. The van der Waals surface area contributed by atoms with Crippen LogP contribution in [0.15, 0.2) is 30.5 Å². The number of aromatic nitrogens is 1. The number of hydrogen-bond donors (Lipinski definition) is 3. The van der Waals surface area contributed by atoms with Crippen LogP contribution in [-0.4, -0.2) is 39.9 Å². The molecule has 2 unspecified atom stereocenters. The number of nitrogens with one attached hydrogen (secondary N) is 1. The van der Waals surface area contributed by atoms with Crippen LogP contribution in [0.1, 0.15) is 12.8 Å². The van der Waals surface area contributed by atoms with E-state index < -0.39 is 12.1 Å². The fourth-order valence-corrected chi connectivity index (χ4v) is 2.55. The molecule has 1 aliphatic heterocycles. The molecule has 0 spiro atoms. The summed E-state index contributed by atoms with van der Waals surface area (Å²) in [6, 6.07) is 6.97. The smallest absolute Gasteiger partial charge is 0.332 e. The molecule has 0 bridgehead atoms. The van der Waals surface area contributed by atoms with Gasteiger partial charge in [0.1, 0.15) is 11.6 Å². The molecule has 2 atom stereocenters. The Morgan fingerprint density at radius 1 is 1.38 bits per heavy atom. The summed E-state index contributed by atoms with van der Waals surface area (Å²) in [5.74, 6) is -0.0712. The number of fused-ring (bicyclic) bond motifs is 1. The molecule has 0 saturated carbocycles. The monoisotopic (exact) mass is 288 g/mol. The lowest BCUT2D eigenvalue weighted by molar-refractivity contribution is -0.149. The van der Waals surface area contributed by atoms with Crippen molar-refractivity contribution >= 4 is 22.6 Å². The van der Waals surface area contributed by atoms with Gasteiger partial charge in [0.25, 0.3) is 0 Å². The largest absolute Gasteiger partial charge is 0.508 e. The molecule has 1 aromatic carbocycles. The van der Waals surface area contributed by atoms with Crippen LogP contribution >= 0.6 is 0 Å². The number of ether oxygens (including phenoxy) is 1. The molecule has 0 radical (unpaired) electrons. The Kier molecular flexibility index (Phi) is 3.62. The Morgan fingerprint density at radius 2 is 2.24 bits per heavy atom. The lowest BCUT2D eigenvalue weighted by Gasteiger charge is -2.14. The van der Waals surface area contributed by atoms with Gasteiger partial charge in [-0.15, -0.1) is 0 Å². The van der Waals surface area contributed by atoms with Crippen LogP contribution in [-0.2, 0) is 9.53 Å². The number of pyridine rings is 1. The molecule has 1 fully saturated rings. The molecule has 3 N–H and O–H groups in total. The van der Waals surface area contributed by atoms with E-state index in [2.05, 4.69) is 10.3 Å². The van der Waals surface area contributed by atoms with Crippen molar-refractivity contribution < 1.29 is 19.7 Å². The number of aromatic hydroxyl groups is 1. The summed E-state index contributed by atoms with van der Waals surface area (Å²) < 4.78 is 5.44. The highest BCUT2D eigenvalue weighted by Crippen LogP contribution is 2.26. The quantitative estimate of drug-likeness (QED) is 0.797. The van der Waals surface area contributed by atoms with E-state index in [1.54, 1.807) is 18.3 Å². The van der Waals surface area contributed by atoms with Crippen molar-refractivity contribution in [2.24, 2.45) is 0 Å². The predicted octanol–water partition coefficient (Wildman–Crippen LogP) is 1.98. The van der Waals surface area contributed by atoms with Gasteiger partial charge in [0, 0.05) is 18.1 Å². The molecule has 1 aromatic heterocycles. The zero-order chi connectivity index (χ0) is 14.8. The van der Waals surface area contributed by atoms with E-state index in [-0.39, 0.29) is 11.9 Å². The van der Waals surface area contributed by atoms with E-state index in [1.807, 2.05) is 12.1 Å². The van der Waals surface area contributed by atoms with Crippen LogP contribution < -0.4 is 5.32 Å². The molecular weight excluding hydrogens is 272 g/mol. The molecule has 110 valence electrons. The Labute approximate surface area is 121 Å². The molecular formula is C15H16N2O4. The van der Waals surface area contributed by atoms with Gasteiger partial charge in [0.15, 0.2) is 6.10 Å². The number of phenolic OH excluding ortho intramolecular Hbond substituents is 1. The molecule has 2 aromatic rings. The Hall–Kier alpha value is -2.34. The van der Waals surface area contributed by atoms with Crippen LogP contribution in [0.3, 0.4) is 0 Å². The highest BCUT2D eigenvalue weighted by molar-refractivity contribution is 5.92. The summed E-state index contributed by atoms with van der Waals surface area (Å²) >= 11 is 0. The Bertz CT molecular complexity index is 674. The predicted molar refractivity (Wildman–Crippen MR) is 77.4 cm³/mol. The minimum Gasteiger partial charge on any atom is -0.508 e. The van der Waals surface area contributed by atoms with Gasteiger partial charge in [-0.2, -0.15) is 0 Å². The van der Waals surface area contributed by atoms with E-state index in [0.29, 0.717) is 25.2 Å². The van der Waals surface area contributed by atoms with Gasteiger partial charge in [0.2, 0.25) is 0 Å². The van der Waals surface area contributed by atoms with E-state index in [4.69, 9.17) is 9.84 Å². The van der Waals surface area contributed by atoms with Gasteiger partial charge in [-0.05, 0) is 36.4 Å². The maximum absolute atomic E-state index is 10.8. The van der Waals surface area contributed by atoms with Crippen LogP contribution in [0.4, 0.5) is 5.82 Å². The van der Waals surface area contributed by atoms with Gasteiger partial charge in [-0.3, -0.25) is 0 Å². The van der Waals surface area contributed by atoms with Crippen molar-refractivity contribution in [1.29, 1.82) is 0 Å². The third-order valence-corrected chi connectivity index (χ3v) is 3.63. The summed E-state index contributed by atoms with van der Waals surface area (Å²) in [5.41, 5.74) is 0. The molecule has 6 heteroatoms. The summed E-state index contributed by atoms with van der Waals surface area (Å²) in [4.78, 5) is 15.1. The number of carboxylic acid groups (broad SMARTS) is 1. The second-order valence-electron chi connectivity index (χ2n) is 5.11. The highest BCUT2D eigenvalue weighted by Gasteiger charge is 2.30. The fourth-order valence-electron chi connectivity index (χ4n) is 2.55. The van der Waals surface area contributed by atoms with Gasteiger partial charge >= 0.3 is 5.97 Å². The molecule has 0 amide bonds. The van der Waals surface area contributed by atoms with Crippen molar-refractivity contribution in [1.82, 2.24) is 4.98 Å². The molecule has 6 nitrogen and oxygen atoms in total. The van der Waals surface area contributed by atoms with Crippen molar-refractivity contribution in [3.8, 4) is 5.75 Å². The van der Waals surface area contributed by atoms with Crippen molar-refractivity contribution in [2.75, 3.05) is 11.9 Å². The number of carbonyl (C=O) groups is 1. The molecule has 0 aliphatic carbocycles. The summed E-state index contributed by atoms with van der Waals surface area (Å²) in [6.45, 7) is 0.492. The zero-order valence-corrected chi connectivity index (χ0v) is 11.3. The second kappa shape index (κ2) is 5.57. The van der Waals surface area contributed by atoms with Gasteiger partial charge < -0.3 is 20.3 Å². The minimum absolute atomic E-state index is 0.138. The van der Waals surface area contributed by atoms with Crippen molar-refractivity contribution in [3.05, 3.63) is 30.5 Å². The number of anilines is 1. The van der Waals surface area contributed by atoms with E-state index in [9.17, 15) is 9.90 Å². The third-order valence-electron chi connectivity index (χ3n) is 3.63. The number of phenols is 1. The third kappa shape index (κ3) is 2.90. The average molecular weight is 288 g/mol. The van der Waals surface area contributed by atoms with Crippen molar-refractivity contribution in [3.63, 3.8) is 0 Å². The molecule has 1 saturated heterocycles. The standard InChI is InChI=1S/C15H16N2O4/c18-10-2-1-9-5-6-16-14(12(9)7-10)17-8-11-3-4-13(21-11)15(19)20/h1-2,5-7,11,13,18H,3-4,8H2,(H,16,17)(H,19,20). The maximum atomic E-state index is 10.8. The SMILES string of the molecule is O=C(O)C1CCC(CNc2nccc3ccc(O)cc23)O1. The maximum Gasteiger partial charge on any atom is 0.332 e. The Morgan fingerprint density at radius 3 is 3.00 bits per heavy atom. The summed E-state index contributed by atoms with van der Waals surface area (Å²) in [6.07, 6.45) is 2.09. The minimum atomic E-state index is -0.911. The van der Waals surface area contributed by atoms with Crippen LogP contribution in [0.2, 0.25) is 0 Å². The molecule has 21 heavy (non-hydrogen) atoms. The lowest BCUT2D eigenvalue weighted by atomic mass is 10.1. The number of rotatable bonds is 4. The first-order valence-corrected chi connectivity index (χ1v) is 6.83. The van der Waals surface area contributed by atoms with E-state index >= 15 is 0 Å². The van der Waals surface area contributed by atoms with Crippen molar-refractivity contribution in [2.45, 2.75) is 25.0 Å². The molecule has 2 heterocycles. The topological polar surface area (TPSA) is 91.7 Å². The number of benzene rings is 1. The first kappa shape index (κ1) is 13.6. The van der Waals surface area contributed by atoms with Gasteiger partial charge in [-0.1, -0.05) is 6.07 Å². The van der Waals surface area contributed by atoms with Crippen LogP contribution in [0, 0.1) is 0 Å². The number of hydrogen-bond acceptors (Lipinski definition) is 5. The van der Waals surface area contributed by atoms with Crippen LogP contribution in [0.5, 0.6) is 5.75 Å². The first-order valence-electron chi connectivity index (χ1n) is 6.83. The second-order valence-corrected chi connectivity index (χ2v) is 5.11.